The van der Waals surface area contributed by atoms with E-state index in [1.807, 2.05) is 32.0 Å². The first-order valence-electron chi connectivity index (χ1n) is 6.16. The number of furan rings is 1. The van der Waals surface area contributed by atoms with Crippen LogP contribution in [-0.2, 0) is 10.2 Å². The van der Waals surface area contributed by atoms with Crippen LogP contribution in [0.15, 0.2) is 41.2 Å². The van der Waals surface area contributed by atoms with Crippen molar-refractivity contribution in [3.05, 3.63) is 53.5 Å². The number of nitrogens with one attached hydrogen (secondary N) is 1. The predicted molar refractivity (Wildman–Crippen MR) is 70.9 cm³/mol. The molecule has 0 saturated carbocycles. The van der Waals surface area contributed by atoms with Gasteiger partial charge < -0.3 is 14.8 Å². The number of hydrogen-bond acceptors (Lipinski definition) is 3. The summed E-state index contributed by atoms with van der Waals surface area (Å²) >= 11 is 0. The molecule has 1 aromatic carbocycles. The van der Waals surface area contributed by atoms with Gasteiger partial charge in [-0.1, -0.05) is 6.07 Å². The fraction of sp³-hybridized carbons (Fsp3) is 0.267. The van der Waals surface area contributed by atoms with Gasteiger partial charge in [0, 0.05) is 11.3 Å². The number of benzene rings is 1. The van der Waals surface area contributed by atoms with Crippen LogP contribution in [0.3, 0.4) is 0 Å². The standard InChI is InChI=1S/C15H15NO3/c1-15(2)11-7-9(3-4-12(11)16-14(15)18)13(17)10-5-6-19-8-10/h3-8,13,17H,1-2H3,(H,16,18). The summed E-state index contributed by atoms with van der Waals surface area (Å²) < 4.78 is 4.98. The molecule has 1 atom stereocenters. The quantitative estimate of drug-likeness (QED) is 0.869. The maximum absolute atomic E-state index is 11.9. The van der Waals surface area contributed by atoms with Gasteiger partial charge in [-0.25, -0.2) is 0 Å². The molecule has 0 saturated heterocycles. The zero-order valence-electron chi connectivity index (χ0n) is 10.8. The number of anilines is 1. The number of fused-ring (bicyclic) bond motifs is 1. The van der Waals surface area contributed by atoms with Crippen LogP contribution in [0.5, 0.6) is 0 Å². The van der Waals surface area contributed by atoms with Gasteiger partial charge in [-0.15, -0.1) is 0 Å². The molecule has 3 rings (SSSR count). The summed E-state index contributed by atoms with van der Waals surface area (Å²) in [6, 6.07) is 7.26. The average molecular weight is 257 g/mol. The van der Waals surface area contributed by atoms with E-state index >= 15 is 0 Å². The number of carbonyl (C=O) groups excluding carboxylic acids is 1. The highest BCUT2D eigenvalue weighted by molar-refractivity contribution is 6.05. The lowest BCUT2D eigenvalue weighted by Crippen LogP contribution is -2.26. The van der Waals surface area contributed by atoms with Gasteiger partial charge in [0.25, 0.3) is 0 Å². The smallest absolute Gasteiger partial charge is 0.234 e. The number of aliphatic hydroxyl groups excluding tert-OH is 1. The van der Waals surface area contributed by atoms with Crippen molar-refractivity contribution in [1.29, 1.82) is 0 Å². The van der Waals surface area contributed by atoms with Crippen LogP contribution in [0.25, 0.3) is 0 Å². The van der Waals surface area contributed by atoms with E-state index in [1.165, 1.54) is 12.5 Å². The van der Waals surface area contributed by atoms with Crippen molar-refractivity contribution in [3.63, 3.8) is 0 Å². The first-order chi connectivity index (χ1) is 9.00. The molecule has 2 aromatic rings. The summed E-state index contributed by atoms with van der Waals surface area (Å²) in [6.45, 7) is 3.75. The van der Waals surface area contributed by atoms with Crippen LogP contribution in [-0.4, -0.2) is 11.0 Å². The van der Waals surface area contributed by atoms with E-state index in [-0.39, 0.29) is 5.91 Å². The molecule has 1 aliphatic heterocycles. The maximum Gasteiger partial charge on any atom is 0.234 e. The third kappa shape index (κ3) is 1.76. The van der Waals surface area contributed by atoms with Gasteiger partial charge in [0.05, 0.1) is 17.9 Å². The van der Waals surface area contributed by atoms with Crippen molar-refractivity contribution >= 4 is 11.6 Å². The van der Waals surface area contributed by atoms with E-state index in [2.05, 4.69) is 5.32 Å². The minimum Gasteiger partial charge on any atom is -0.472 e. The number of amides is 1. The SMILES string of the molecule is CC1(C)C(=O)Nc2ccc(C(O)c3ccoc3)cc21. The lowest BCUT2D eigenvalue weighted by atomic mass is 9.84. The van der Waals surface area contributed by atoms with Crippen molar-refractivity contribution in [2.24, 2.45) is 0 Å². The van der Waals surface area contributed by atoms with E-state index in [4.69, 9.17) is 4.42 Å². The van der Waals surface area contributed by atoms with Crippen molar-refractivity contribution in [2.75, 3.05) is 5.32 Å². The van der Waals surface area contributed by atoms with E-state index in [0.29, 0.717) is 5.56 Å². The second-order valence-corrected chi connectivity index (χ2v) is 5.34. The summed E-state index contributed by atoms with van der Waals surface area (Å²) in [6.07, 6.45) is 2.31. The maximum atomic E-state index is 11.9. The van der Waals surface area contributed by atoms with Crippen LogP contribution < -0.4 is 5.32 Å². The average Bonchev–Trinajstić information content (AvgIpc) is 2.98. The molecule has 2 N–H and O–H groups in total. The molecule has 0 spiro atoms. The minimum absolute atomic E-state index is 0.0162. The van der Waals surface area contributed by atoms with Crippen molar-refractivity contribution in [1.82, 2.24) is 0 Å². The summed E-state index contributed by atoms with van der Waals surface area (Å²) in [4.78, 5) is 11.9. The topological polar surface area (TPSA) is 62.5 Å². The molecular formula is C15H15NO3. The monoisotopic (exact) mass is 257 g/mol. The fourth-order valence-corrected chi connectivity index (χ4v) is 2.38. The first kappa shape index (κ1) is 12.0. The molecule has 0 aliphatic carbocycles. The molecule has 19 heavy (non-hydrogen) atoms. The zero-order valence-corrected chi connectivity index (χ0v) is 10.8. The Morgan fingerprint density at radius 3 is 2.74 bits per heavy atom. The molecule has 2 heterocycles. The first-order valence-corrected chi connectivity index (χ1v) is 6.16. The molecule has 1 unspecified atom stereocenters. The molecule has 1 aliphatic rings. The highest BCUT2D eigenvalue weighted by Crippen LogP contribution is 2.39. The van der Waals surface area contributed by atoms with Crippen LogP contribution in [0.2, 0.25) is 0 Å². The van der Waals surface area contributed by atoms with Gasteiger partial charge in [0.1, 0.15) is 6.10 Å². The zero-order chi connectivity index (χ0) is 13.6. The molecule has 0 bridgehead atoms. The third-order valence-electron chi connectivity index (χ3n) is 3.71. The second-order valence-electron chi connectivity index (χ2n) is 5.34. The molecule has 4 heteroatoms. The van der Waals surface area contributed by atoms with E-state index in [9.17, 15) is 9.90 Å². The largest absolute Gasteiger partial charge is 0.472 e. The summed E-state index contributed by atoms with van der Waals surface area (Å²) in [5, 5.41) is 13.1. The van der Waals surface area contributed by atoms with E-state index < -0.39 is 11.5 Å². The number of rotatable bonds is 2. The Morgan fingerprint density at radius 2 is 2.05 bits per heavy atom. The number of hydrogen-bond donors (Lipinski definition) is 2. The Morgan fingerprint density at radius 1 is 1.26 bits per heavy atom. The lowest BCUT2D eigenvalue weighted by Gasteiger charge is -2.17. The Hall–Kier alpha value is -2.07. The molecule has 0 fully saturated rings. The van der Waals surface area contributed by atoms with Gasteiger partial charge in [-0.3, -0.25) is 4.79 Å². The number of aliphatic hydroxyl groups is 1. The third-order valence-corrected chi connectivity index (χ3v) is 3.71. The van der Waals surface area contributed by atoms with Crippen molar-refractivity contribution in [3.8, 4) is 0 Å². The van der Waals surface area contributed by atoms with Gasteiger partial charge in [0.15, 0.2) is 0 Å². The van der Waals surface area contributed by atoms with Crippen LogP contribution in [0.4, 0.5) is 5.69 Å². The van der Waals surface area contributed by atoms with Gasteiger partial charge >= 0.3 is 0 Å². The van der Waals surface area contributed by atoms with Gasteiger partial charge in [-0.05, 0) is 43.2 Å². The van der Waals surface area contributed by atoms with Crippen molar-refractivity contribution in [2.45, 2.75) is 25.4 Å². The summed E-state index contributed by atoms with van der Waals surface area (Å²) in [7, 11) is 0. The van der Waals surface area contributed by atoms with Gasteiger partial charge in [0.2, 0.25) is 5.91 Å². The highest BCUT2D eigenvalue weighted by Gasteiger charge is 2.38. The highest BCUT2D eigenvalue weighted by atomic mass is 16.3. The molecule has 4 nitrogen and oxygen atoms in total. The van der Waals surface area contributed by atoms with Crippen LogP contribution >= 0.6 is 0 Å². The Bertz CT molecular complexity index is 629. The van der Waals surface area contributed by atoms with Crippen LogP contribution in [0, 0.1) is 0 Å². The molecule has 1 aromatic heterocycles. The van der Waals surface area contributed by atoms with Crippen LogP contribution in [0.1, 0.15) is 36.6 Å². The summed E-state index contributed by atoms with van der Waals surface area (Å²) in [5.74, 6) is -0.0162. The molecular weight excluding hydrogens is 242 g/mol. The Balaban J connectivity index is 2.04. The fourth-order valence-electron chi connectivity index (χ4n) is 2.38. The molecule has 98 valence electrons. The Kier molecular flexibility index (Phi) is 2.50. The molecule has 0 radical (unpaired) electrons. The minimum atomic E-state index is -0.740. The Labute approximate surface area is 111 Å². The normalized spacial score (nSPS) is 17.9. The lowest BCUT2D eigenvalue weighted by molar-refractivity contribution is -0.119. The predicted octanol–water partition coefficient (Wildman–Crippen LogP) is 2.59. The van der Waals surface area contributed by atoms with E-state index in [1.54, 1.807) is 6.07 Å². The van der Waals surface area contributed by atoms with E-state index in [0.717, 1.165) is 16.8 Å². The number of carbonyl (C=O) groups is 1. The van der Waals surface area contributed by atoms with Crippen molar-refractivity contribution < 1.29 is 14.3 Å². The molecule has 1 amide bonds. The van der Waals surface area contributed by atoms with Gasteiger partial charge in [-0.2, -0.15) is 0 Å². The second kappa shape index (κ2) is 3.96. The summed E-state index contributed by atoms with van der Waals surface area (Å²) in [5.41, 5.74) is 2.62.